The van der Waals surface area contributed by atoms with Gasteiger partial charge in [0.2, 0.25) is 5.91 Å². The minimum Gasteiger partial charge on any atom is -0.352 e. The number of carbonyl (C=O) groups is 1. The largest absolute Gasteiger partial charge is 0.352 e. The highest BCUT2D eigenvalue weighted by Gasteiger charge is 2.33. The Morgan fingerprint density at radius 3 is 2.47 bits per heavy atom. The lowest BCUT2D eigenvalue weighted by molar-refractivity contribution is -0.126. The normalized spacial score (nSPS) is 23.3. The molecule has 2 rings (SSSR count). The van der Waals surface area contributed by atoms with Crippen LogP contribution in [0.3, 0.4) is 0 Å². The van der Waals surface area contributed by atoms with Crippen LogP contribution in [0, 0.1) is 17.8 Å². The van der Waals surface area contributed by atoms with Crippen LogP contribution in [0.1, 0.15) is 64.7 Å². The monoisotopic (exact) mass is 266 g/mol. The van der Waals surface area contributed by atoms with Gasteiger partial charge in [0.15, 0.2) is 0 Å². The minimum absolute atomic E-state index is 0.223. The standard InChI is InChI=1S/C16H30N2O/c1-2-5-14(10-12-6-3-4-7-12)16(19)18-15(11-17)13-8-9-13/h12-15H,2-11,17H2,1H3,(H,18,19). The molecule has 0 aromatic heterocycles. The highest BCUT2D eigenvalue weighted by atomic mass is 16.1. The predicted octanol–water partition coefficient (Wildman–Crippen LogP) is 2.84. The van der Waals surface area contributed by atoms with E-state index in [4.69, 9.17) is 5.73 Å². The smallest absolute Gasteiger partial charge is 0.223 e. The molecular formula is C16H30N2O. The van der Waals surface area contributed by atoms with E-state index in [1.165, 1.54) is 38.5 Å². The third-order valence-electron chi connectivity index (χ3n) is 4.87. The van der Waals surface area contributed by atoms with Gasteiger partial charge in [0.25, 0.3) is 0 Å². The number of nitrogens with one attached hydrogen (secondary N) is 1. The Morgan fingerprint density at radius 1 is 1.26 bits per heavy atom. The maximum atomic E-state index is 12.5. The number of hydrogen-bond donors (Lipinski definition) is 2. The van der Waals surface area contributed by atoms with Crippen LogP contribution in [0.15, 0.2) is 0 Å². The Hall–Kier alpha value is -0.570. The highest BCUT2D eigenvalue weighted by Crippen LogP contribution is 2.34. The molecule has 1 amide bonds. The van der Waals surface area contributed by atoms with Crippen molar-refractivity contribution >= 4 is 5.91 Å². The summed E-state index contributed by atoms with van der Waals surface area (Å²) in [6.07, 6.45) is 11.1. The van der Waals surface area contributed by atoms with Gasteiger partial charge in [-0.3, -0.25) is 4.79 Å². The Bertz CT molecular complexity index is 282. The minimum atomic E-state index is 0.223. The molecule has 0 radical (unpaired) electrons. The number of amides is 1. The summed E-state index contributed by atoms with van der Waals surface area (Å²) in [6.45, 7) is 2.77. The molecular weight excluding hydrogens is 236 g/mol. The van der Waals surface area contributed by atoms with Crippen LogP contribution >= 0.6 is 0 Å². The zero-order valence-corrected chi connectivity index (χ0v) is 12.4. The summed E-state index contributed by atoms with van der Waals surface area (Å²) in [5.74, 6) is 1.94. The fourth-order valence-electron chi connectivity index (χ4n) is 3.52. The van der Waals surface area contributed by atoms with Crippen LogP contribution in [0.4, 0.5) is 0 Å². The molecule has 2 aliphatic rings. The van der Waals surface area contributed by atoms with E-state index < -0.39 is 0 Å². The molecule has 2 unspecified atom stereocenters. The fourth-order valence-corrected chi connectivity index (χ4v) is 3.52. The molecule has 0 saturated heterocycles. The number of carbonyl (C=O) groups excluding carboxylic acids is 1. The zero-order chi connectivity index (χ0) is 13.7. The summed E-state index contributed by atoms with van der Waals surface area (Å²) in [7, 11) is 0. The Labute approximate surface area is 117 Å². The lowest BCUT2D eigenvalue weighted by Crippen LogP contribution is -2.44. The lowest BCUT2D eigenvalue weighted by atomic mass is 9.89. The van der Waals surface area contributed by atoms with Crippen molar-refractivity contribution in [1.29, 1.82) is 0 Å². The van der Waals surface area contributed by atoms with E-state index in [9.17, 15) is 4.79 Å². The van der Waals surface area contributed by atoms with E-state index in [1.807, 2.05) is 0 Å². The number of rotatable bonds is 8. The van der Waals surface area contributed by atoms with Crippen LogP contribution in [-0.2, 0) is 4.79 Å². The first kappa shape index (κ1) is 14.8. The molecule has 19 heavy (non-hydrogen) atoms. The molecule has 0 spiro atoms. The molecule has 110 valence electrons. The lowest BCUT2D eigenvalue weighted by Gasteiger charge is -2.23. The molecule has 2 atom stereocenters. The summed E-state index contributed by atoms with van der Waals surface area (Å²) >= 11 is 0. The van der Waals surface area contributed by atoms with Crippen molar-refractivity contribution in [2.75, 3.05) is 6.54 Å². The molecule has 0 aromatic rings. The van der Waals surface area contributed by atoms with Crippen molar-refractivity contribution in [2.24, 2.45) is 23.5 Å². The van der Waals surface area contributed by atoms with E-state index in [0.717, 1.165) is 25.2 Å². The molecule has 3 nitrogen and oxygen atoms in total. The average molecular weight is 266 g/mol. The Balaban J connectivity index is 1.83. The third kappa shape index (κ3) is 4.48. The summed E-state index contributed by atoms with van der Waals surface area (Å²) in [5.41, 5.74) is 5.78. The van der Waals surface area contributed by atoms with Crippen molar-refractivity contribution in [3.63, 3.8) is 0 Å². The van der Waals surface area contributed by atoms with Crippen molar-refractivity contribution < 1.29 is 4.79 Å². The number of nitrogens with two attached hydrogens (primary N) is 1. The van der Waals surface area contributed by atoms with Crippen LogP contribution < -0.4 is 11.1 Å². The van der Waals surface area contributed by atoms with E-state index in [-0.39, 0.29) is 17.9 Å². The zero-order valence-electron chi connectivity index (χ0n) is 12.4. The highest BCUT2D eigenvalue weighted by molar-refractivity contribution is 5.79. The second-order valence-corrected chi connectivity index (χ2v) is 6.56. The third-order valence-corrected chi connectivity index (χ3v) is 4.87. The van der Waals surface area contributed by atoms with Gasteiger partial charge in [0.1, 0.15) is 0 Å². The van der Waals surface area contributed by atoms with Crippen LogP contribution in [-0.4, -0.2) is 18.5 Å². The molecule has 3 N–H and O–H groups in total. The van der Waals surface area contributed by atoms with Gasteiger partial charge in [-0.05, 0) is 37.5 Å². The maximum Gasteiger partial charge on any atom is 0.223 e. The van der Waals surface area contributed by atoms with E-state index >= 15 is 0 Å². The second-order valence-electron chi connectivity index (χ2n) is 6.56. The Kier molecular flexibility index (Phi) is 5.68. The summed E-state index contributed by atoms with van der Waals surface area (Å²) in [4.78, 5) is 12.5. The Morgan fingerprint density at radius 2 is 1.95 bits per heavy atom. The van der Waals surface area contributed by atoms with E-state index in [2.05, 4.69) is 12.2 Å². The SMILES string of the molecule is CCCC(CC1CCCC1)C(=O)NC(CN)C1CC1. The fraction of sp³-hybridized carbons (Fsp3) is 0.938. The topological polar surface area (TPSA) is 55.1 Å². The average Bonchev–Trinajstić information content (AvgIpc) is 3.13. The first-order valence-corrected chi connectivity index (χ1v) is 8.25. The van der Waals surface area contributed by atoms with Crippen molar-refractivity contribution in [3.05, 3.63) is 0 Å². The van der Waals surface area contributed by atoms with Crippen LogP contribution in [0.5, 0.6) is 0 Å². The quantitative estimate of drug-likeness (QED) is 0.710. The van der Waals surface area contributed by atoms with Crippen molar-refractivity contribution in [1.82, 2.24) is 5.32 Å². The molecule has 0 heterocycles. The van der Waals surface area contributed by atoms with Gasteiger partial charge >= 0.3 is 0 Å². The molecule has 2 aliphatic carbocycles. The van der Waals surface area contributed by atoms with E-state index in [0.29, 0.717) is 12.5 Å². The number of hydrogen-bond acceptors (Lipinski definition) is 2. The van der Waals surface area contributed by atoms with Gasteiger partial charge in [-0.1, -0.05) is 39.0 Å². The summed E-state index contributed by atoms with van der Waals surface area (Å²) in [5, 5.41) is 3.22. The molecule has 3 heteroatoms. The molecule has 0 bridgehead atoms. The first-order chi connectivity index (χ1) is 9.24. The summed E-state index contributed by atoms with van der Waals surface area (Å²) in [6, 6.07) is 0.232. The molecule has 0 aromatic carbocycles. The van der Waals surface area contributed by atoms with Gasteiger partial charge in [-0.25, -0.2) is 0 Å². The van der Waals surface area contributed by atoms with Crippen LogP contribution in [0.2, 0.25) is 0 Å². The van der Waals surface area contributed by atoms with Gasteiger partial charge < -0.3 is 11.1 Å². The second kappa shape index (κ2) is 7.28. The molecule has 2 saturated carbocycles. The van der Waals surface area contributed by atoms with Gasteiger partial charge in [0.05, 0.1) is 0 Å². The maximum absolute atomic E-state index is 12.5. The van der Waals surface area contributed by atoms with Gasteiger partial charge in [-0.15, -0.1) is 0 Å². The van der Waals surface area contributed by atoms with Gasteiger partial charge in [0, 0.05) is 18.5 Å². The molecule has 0 aliphatic heterocycles. The van der Waals surface area contributed by atoms with Crippen molar-refractivity contribution in [3.8, 4) is 0 Å². The van der Waals surface area contributed by atoms with E-state index in [1.54, 1.807) is 0 Å². The van der Waals surface area contributed by atoms with Crippen molar-refractivity contribution in [2.45, 2.75) is 70.8 Å². The summed E-state index contributed by atoms with van der Waals surface area (Å²) < 4.78 is 0. The van der Waals surface area contributed by atoms with Gasteiger partial charge in [-0.2, -0.15) is 0 Å². The molecule has 2 fully saturated rings. The first-order valence-electron chi connectivity index (χ1n) is 8.25. The predicted molar refractivity (Wildman–Crippen MR) is 78.7 cm³/mol. The van der Waals surface area contributed by atoms with Crippen LogP contribution in [0.25, 0.3) is 0 Å².